The van der Waals surface area contributed by atoms with E-state index in [0.717, 1.165) is 43.1 Å². The minimum atomic E-state index is 0. The minimum absolute atomic E-state index is 0. The van der Waals surface area contributed by atoms with E-state index < -0.39 is 0 Å². The summed E-state index contributed by atoms with van der Waals surface area (Å²) in [6, 6.07) is 8.67. The third-order valence-electron chi connectivity index (χ3n) is 5.70. The normalized spacial score (nSPS) is 19.4. The molecule has 2 saturated heterocycles. The lowest BCUT2D eigenvalue weighted by Crippen LogP contribution is -2.35. The molecule has 26 heavy (non-hydrogen) atoms. The average molecular weight is 376 g/mol. The van der Waals surface area contributed by atoms with Crippen LogP contribution in [-0.4, -0.2) is 37.3 Å². The van der Waals surface area contributed by atoms with Crippen LogP contribution >= 0.6 is 12.4 Å². The Morgan fingerprint density at radius 1 is 1.15 bits per heavy atom. The van der Waals surface area contributed by atoms with Crippen molar-refractivity contribution in [2.24, 2.45) is 5.92 Å². The highest BCUT2D eigenvalue weighted by Crippen LogP contribution is 2.32. The Hall–Kier alpha value is -1.52. The second-order valence-corrected chi connectivity index (χ2v) is 7.57. The fraction of sp³-hybridized carbons (Fsp3) is 0.571. The zero-order chi connectivity index (χ0) is 17.2. The first-order valence-corrected chi connectivity index (χ1v) is 9.74. The molecule has 1 N–H and O–H groups in total. The summed E-state index contributed by atoms with van der Waals surface area (Å²) in [5, 5.41) is 4.67. The predicted molar refractivity (Wildman–Crippen MR) is 111 cm³/mol. The molecule has 2 fully saturated rings. The molecule has 2 aliphatic rings. The summed E-state index contributed by atoms with van der Waals surface area (Å²) in [6.45, 7) is 8.82. The van der Waals surface area contributed by atoms with E-state index in [0.29, 0.717) is 5.92 Å². The number of pyridine rings is 1. The number of nitrogens with one attached hydrogen (secondary N) is 1. The summed E-state index contributed by atoms with van der Waals surface area (Å²) in [6.07, 6.45) is 5.23. The Bertz CT molecular complexity index is 739. The molecule has 1 aromatic carbocycles. The molecule has 2 aromatic rings. The van der Waals surface area contributed by atoms with Gasteiger partial charge in [0.25, 0.3) is 0 Å². The highest BCUT2D eigenvalue weighted by molar-refractivity contribution is 5.93. The monoisotopic (exact) mass is 375 g/mol. The van der Waals surface area contributed by atoms with E-state index in [1.807, 2.05) is 0 Å². The standard InChI is InChI=1S/C21H29N3O.ClH/c1-15-13-21(24-11-3-4-12-24)19-6-5-18(14-20(19)23-15)25-16(2)17-7-9-22-10-8-17;/h5-6,13-14,16-17,22H,3-4,7-12H2,1-2H3;1H. The molecule has 0 aliphatic carbocycles. The number of benzene rings is 1. The van der Waals surface area contributed by atoms with E-state index in [1.54, 1.807) is 0 Å². The van der Waals surface area contributed by atoms with Crippen LogP contribution in [0.15, 0.2) is 24.3 Å². The van der Waals surface area contributed by atoms with Crippen LogP contribution in [0.4, 0.5) is 5.69 Å². The molecule has 0 bridgehead atoms. The van der Waals surface area contributed by atoms with Gasteiger partial charge in [0.15, 0.2) is 0 Å². The molecular formula is C21H30ClN3O. The molecule has 0 radical (unpaired) electrons. The van der Waals surface area contributed by atoms with Crippen molar-refractivity contribution >= 4 is 29.0 Å². The lowest BCUT2D eigenvalue weighted by molar-refractivity contribution is 0.128. The second-order valence-electron chi connectivity index (χ2n) is 7.57. The Kier molecular flexibility index (Phi) is 6.25. The van der Waals surface area contributed by atoms with E-state index >= 15 is 0 Å². The molecule has 0 saturated carbocycles. The topological polar surface area (TPSA) is 37.4 Å². The Morgan fingerprint density at radius 3 is 2.62 bits per heavy atom. The molecule has 0 spiro atoms. The summed E-state index contributed by atoms with van der Waals surface area (Å²) in [7, 11) is 0. The van der Waals surface area contributed by atoms with Gasteiger partial charge in [0.2, 0.25) is 0 Å². The number of fused-ring (bicyclic) bond motifs is 1. The quantitative estimate of drug-likeness (QED) is 0.862. The van der Waals surface area contributed by atoms with Gasteiger partial charge in [-0.15, -0.1) is 12.4 Å². The first-order chi connectivity index (χ1) is 12.2. The third-order valence-corrected chi connectivity index (χ3v) is 5.70. The summed E-state index contributed by atoms with van der Waals surface area (Å²) >= 11 is 0. The molecule has 1 aromatic heterocycles. The SMILES string of the molecule is Cc1cc(N2CCCC2)c2ccc(OC(C)C3CCNCC3)cc2n1.Cl. The van der Waals surface area contributed by atoms with Crippen molar-refractivity contribution in [3.63, 3.8) is 0 Å². The predicted octanol–water partition coefficient (Wildman–Crippen LogP) is 4.33. The van der Waals surface area contributed by atoms with Crippen molar-refractivity contribution in [3.05, 3.63) is 30.0 Å². The first kappa shape index (κ1) is 19.2. The van der Waals surface area contributed by atoms with Crippen molar-refractivity contribution < 1.29 is 4.74 Å². The summed E-state index contributed by atoms with van der Waals surface area (Å²) < 4.78 is 6.29. The molecule has 4 rings (SSSR count). The van der Waals surface area contributed by atoms with E-state index in [9.17, 15) is 0 Å². The largest absolute Gasteiger partial charge is 0.490 e. The maximum Gasteiger partial charge on any atom is 0.121 e. The highest BCUT2D eigenvalue weighted by atomic mass is 35.5. The van der Waals surface area contributed by atoms with Crippen molar-refractivity contribution in [1.29, 1.82) is 0 Å². The van der Waals surface area contributed by atoms with Gasteiger partial charge in [-0.1, -0.05) is 0 Å². The van der Waals surface area contributed by atoms with E-state index in [-0.39, 0.29) is 18.5 Å². The van der Waals surface area contributed by atoms with E-state index in [2.05, 4.69) is 48.3 Å². The number of halogens is 1. The van der Waals surface area contributed by atoms with Crippen LogP contribution in [0.3, 0.4) is 0 Å². The van der Waals surface area contributed by atoms with Gasteiger partial charge in [0.1, 0.15) is 5.75 Å². The second kappa shape index (κ2) is 8.45. The van der Waals surface area contributed by atoms with Crippen molar-refractivity contribution in [3.8, 4) is 5.75 Å². The summed E-state index contributed by atoms with van der Waals surface area (Å²) in [5.74, 6) is 1.59. The number of hydrogen-bond donors (Lipinski definition) is 1. The van der Waals surface area contributed by atoms with Gasteiger partial charge in [-0.05, 0) is 76.7 Å². The Labute approximate surface area is 162 Å². The Morgan fingerprint density at radius 2 is 1.88 bits per heavy atom. The molecule has 1 atom stereocenters. The fourth-order valence-corrected chi connectivity index (χ4v) is 4.24. The molecule has 142 valence electrons. The molecule has 5 heteroatoms. The number of nitrogens with zero attached hydrogens (tertiary/aromatic N) is 2. The van der Waals surface area contributed by atoms with Gasteiger partial charge in [0, 0.05) is 35.9 Å². The number of anilines is 1. The zero-order valence-electron chi connectivity index (χ0n) is 15.8. The highest BCUT2D eigenvalue weighted by Gasteiger charge is 2.22. The summed E-state index contributed by atoms with van der Waals surface area (Å²) in [5.41, 5.74) is 3.47. The molecule has 2 aliphatic heterocycles. The van der Waals surface area contributed by atoms with Crippen LogP contribution in [0.25, 0.3) is 10.9 Å². The number of rotatable bonds is 4. The maximum absolute atomic E-state index is 6.29. The molecule has 4 nitrogen and oxygen atoms in total. The number of hydrogen-bond acceptors (Lipinski definition) is 4. The number of ether oxygens (including phenoxy) is 1. The smallest absolute Gasteiger partial charge is 0.121 e. The van der Waals surface area contributed by atoms with Crippen molar-refractivity contribution in [1.82, 2.24) is 10.3 Å². The lowest BCUT2D eigenvalue weighted by Gasteiger charge is -2.28. The first-order valence-electron chi connectivity index (χ1n) is 9.74. The van der Waals surface area contributed by atoms with Crippen LogP contribution in [0.1, 0.15) is 38.3 Å². The number of aromatic nitrogens is 1. The van der Waals surface area contributed by atoms with Gasteiger partial charge < -0.3 is 15.0 Å². The van der Waals surface area contributed by atoms with Gasteiger partial charge in [-0.2, -0.15) is 0 Å². The van der Waals surface area contributed by atoms with Gasteiger partial charge in [0.05, 0.1) is 11.6 Å². The van der Waals surface area contributed by atoms with Gasteiger partial charge in [-0.3, -0.25) is 4.98 Å². The minimum Gasteiger partial charge on any atom is -0.490 e. The van der Waals surface area contributed by atoms with Crippen LogP contribution < -0.4 is 15.0 Å². The molecule has 1 unspecified atom stereocenters. The van der Waals surface area contributed by atoms with Crippen LogP contribution in [0.5, 0.6) is 5.75 Å². The molecule has 0 amide bonds. The third kappa shape index (κ3) is 4.07. The van der Waals surface area contributed by atoms with Gasteiger partial charge >= 0.3 is 0 Å². The molecule has 3 heterocycles. The average Bonchev–Trinajstić information content (AvgIpc) is 3.16. The van der Waals surface area contributed by atoms with Crippen LogP contribution in [-0.2, 0) is 0 Å². The number of piperidine rings is 1. The van der Waals surface area contributed by atoms with Crippen LogP contribution in [0.2, 0.25) is 0 Å². The van der Waals surface area contributed by atoms with Crippen LogP contribution in [0, 0.1) is 12.8 Å². The lowest BCUT2D eigenvalue weighted by atomic mass is 9.93. The number of aryl methyl sites for hydroxylation is 1. The van der Waals surface area contributed by atoms with E-state index in [1.165, 1.54) is 36.8 Å². The Balaban J connectivity index is 0.00000196. The van der Waals surface area contributed by atoms with Crippen molar-refractivity contribution in [2.45, 2.75) is 45.6 Å². The van der Waals surface area contributed by atoms with Gasteiger partial charge in [-0.25, -0.2) is 0 Å². The molecular weight excluding hydrogens is 346 g/mol. The maximum atomic E-state index is 6.29. The van der Waals surface area contributed by atoms with Crippen molar-refractivity contribution in [2.75, 3.05) is 31.1 Å². The van der Waals surface area contributed by atoms with E-state index in [4.69, 9.17) is 9.72 Å². The fourth-order valence-electron chi connectivity index (χ4n) is 4.24. The zero-order valence-corrected chi connectivity index (χ0v) is 16.6. The summed E-state index contributed by atoms with van der Waals surface area (Å²) in [4.78, 5) is 7.27.